The van der Waals surface area contributed by atoms with Gasteiger partial charge in [-0.2, -0.15) is 4.68 Å². The zero-order chi connectivity index (χ0) is 23.9. The van der Waals surface area contributed by atoms with Gasteiger partial charge in [0.05, 0.1) is 11.7 Å². The van der Waals surface area contributed by atoms with Crippen LogP contribution in [-0.2, 0) is 4.79 Å². The lowest BCUT2D eigenvalue weighted by Crippen LogP contribution is -2.48. The Labute approximate surface area is 205 Å². The summed E-state index contributed by atoms with van der Waals surface area (Å²) in [5.74, 6) is 0.806. The van der Waals surface area contributed by atoms with Crippen molar-refractivity contribution in [3.63, 3.8) is 0 Å². The van der Waals surface area contributed by atoms with Gasteiger partial charge in [-0.1, -0.05) is 84.0 Å². The maximum absolute atomic E-state index is 12.9. The summed E-state index contributed by atoms with van der Waals surface area (Å²) in [4.78, 5) is 17.4. The lowest BCUT2D eigenvalue weighted by Gasteiger charge is -2.34. The fraction of sp³-hybridized carbons (Fsp3) is 0.259. The molecule has 4 aromatic rings. The van der Waals surface area contributed by atoms with E-state index in [1.807, 2.05) is 66.7 Å². The van der Waals surface area contributed by atoms with Crippen LogP contribution in [0, 0.1) is 0 Å². The Morgan fingerprint density at radius 2 is 1.37 bits per heavy atom. The third-order valence-corrected chi connectivity index (χ3v) is 6.34. The number of nitrogens with one attached hydrogen (secondary N) is 1. The van der Waals surface area contributed by atoms with Crippen molar-refractivity contribution in [1.82, 2.24) is 30.4 Å². The van der Waals surface area contributed by atoms with Gasteiger partial charge in [-0.3, -0.25) is 9.69 Å². The van der Waals surface area contributed by atoms with Crippen LogP contribution in [-0.4, -0.2) is 63.7 Å². The third-order valence-electron chi connectivity index (χ3n) is 6.34. The molecular weight excluding hydrogens is 438 g/mol. The summed E-state index contributed by atoms with van der Waals surface area (Å²) in [6.45, 7) is 4.06. The first-order valence-electron chi connectivity index (χ1n) is 12.0. The number of anilines is 1. The minimum absolute atomic E-state index is 0.0538. The van der Waals surface area contributed by atoms with Crippen LogP contribution >= 0.6 is 0 Å². The van der Waals surface area contributed by atoms with Gasteiger partial charge in [0, 0.05) is 39.1 Å². The Bertz CT molecular complexity index is 1170. The van der Waals surface area contributed by atoms with Crippen LogP contribution in [0.15, 0.2) is 91.0 Å². The molecule has 0 spiro atoms. The number of piperazine rings is 1. The molecule has 1 saturated heterocycles. The maximum Gasteiger partial charge on any atom is 0.250 e. The number of carbonyl (C=O) groups is 1. The number of benzene rings is 3. The van der Waals surface area contributed by atoms with Crippen LogP contribution in [0.5, 0.6) is 0 Å². The van der Waals surface area contributed by atoms with Gasteiger partial charge in [0.25, 0.3) is 0 Å². The molecule has 0 saturated carbocycles. The number of amides is 1. The summed E-state index contributed by atoms with van der Waals surface area (Å²) >= 11 is 0. The smallest absolute Gasteiger partial charge is 0.250 e. The highest BCUT2D eigenvalue weighted by molar-refractivity contribution is 5.77. The molecule has 1 amide bonds. The monoisotopic (exact) mass is 467 g/mol. The van der Waals surface area contributed by atoms with Crippen molar-refractivity contribution in [2.45, 2.75) is 12.5 Å². The molecule has 8 nitrogen and oxygen atoms in total. The average molecular weight is 468 g/mol. The van der Waals surface area contributed by atoms with Gasteiger partial charge in [0.2, 0.25) is 11.9 Å². The number of hydrogen-bond donors (Lipinski definition) is 1. The van der Waals surface area contributed by atoms with E-state index < -0.39 is 0 Å². The normalized spacial score (nSPS) is 14.3. The Kier molecular flexibility index (Phi) is 7.10. The van der Waals surface area contributed by atoms with E-state index in [1.165, 1.54) is 0 Å². The SMILES string of the molecule is O=C(CCN1CCN(c2nnnn2-c2ccccc2)CC1)NC(c1ccccc1)c1ccccc1. The molecule has 0 unspecified atom stereocenters. The van der Waals surface area contributed by atoms with Crippen LogP contribution in [0.3, 0.4) is 0 Å². The van der Waals surface area contributed by atoms with Crippen LogP contribution in [0.1, 0.15) is 23.6 Å². The van der Waals surface area contributed by atoms with E-state index in [9.17, 15) is 4.79 Å². The van der Waals surface area contributed by atoms with Crippen LogP contribution in [0.2, 0.25) is 0 Å². The number of para-hydroxylation sites is 1. The van der Waals surface area contributed by atoms with Crippen molar-refractivity contribution in [2.75, 3.05) is 37.6 Å². The second-order valence-electron chi connectivity index (χ2n) is 8.63. The quantitative estimate of drug-likeness (QED) is 0.429. The Hall–Kier alpha value is -4.04. The highest BCUT2D eigenvalue weighted by atomic mass is 16.1. The predicted octanol–water partition coefficient (Wildman–Crippen LogP) is 3.08. The Morgan fingerprint density at radius 1 is 0.800 bits per heavy atom. The molecule has 1 aromatic heterocycles. The lowest BCUT2D eigenvalue weighted by molar-refractivity contribution is -0.121. The first kappa shape index (κ1) is 22.7. The van der Waals surface area contributed by atoms with E-state index in [1.54, 1.807) is 4.68 Å². The van der Waals surface area contributed by atoms with Crippen LogP contribution in [0.25, 0.3) is 5.69 Å². The summed E-state index contributed by atoms with van der Waals surface area (Å²) in [6.07, 6.45) is 0.456. The van der Waals surface area contributed by atoms with E-state index in [0.29, 0.717) is 6.42 Å². The minimum atomic E-state index is -0.154. The third kappa shape index (κ3) is 5.55. The van der Waals surface area contributed by atoms with E-state index in [2.05, 4.69) is 54.9 Å². The molecule has 0 bridgehead atoms. The first-order valence-corrected chi connectivity index (χ1v) is 12.0. The van der Waals surface area contributed by atoms with Crippen molar-refractivity contribution in [1.29, 1.82) is 0 Å². The van der Waals surface area contributed by atoms with E-state index in [0.717, 1.165) is 55.5 Å². The molecule has 0 atom stereocenters. The highest BCUT2D eigenvalue weighted by Gasteiger charge is 2.23. The molecule has 5 rings (SSSR count). The van der Waals surface area contributed by atoms with Gasteiger partial charge in [-0.15, -0.1) is 0 Å². The van der Waals surface area contributed by atoms with E-state index in [-0.39, 0.29) is 11.9 Å². The molecule has 2 heterocycles. The molecule has 1 aliphatic heterocycles. The van der Waals surface area contributed by atoms with Gasteiger partial charge in [0.1, 0.15) is 0 Å². The second-order valence-corrected chi connectivity index (χ2v) is 8.63. The van der Waals surface area contributed by atoms with E-state index >= 15 is 0 Å². The highest BCUT2D eigenvalue weighted by Crippen LogP contribution is 2.22. The Balaban J connectivity index is 1.15. The number of carbonyl (C=O) groups excluding carboxylic acids is 1. The summed E-state index contributed by atoms with van der Waals surface area (Å²) in [5, 5.41) is 15.5. The summed E-state index contributed by atoms with van der Waals surface area (Å²) in [6, 6.07) is 30.0. The van der Waals surface area contributed by atoms with Gasteiger partial charge in [0.15, 0.2) is 0 Å². The van der Waals surface area contributed by atoms with Crippen molar-refractivity contribution in [2.24, 2.45) is 0 Å². The fourth-order valence-electron chi connectivity index (χ4n) is 4.43. The maximum atomic E-state index is 12.9. The van der Waals surface area contributed by atoms with Crippen molar-refractivity contribution in [3.8, 4) is 5.69 Å². The number of rotatable bonds is 8. The standard InChI is InChI=1S/C27H29N7O/c35-25(28-26(22-10-4-1-5-11-22)23-12-6-2-7-13-23)16-17-32-18-20-33(21-19-32)27-29-30-31-34(27)24-14-8-3-9-15-24/h1-15,26H,16-21H2,(H,28,35). The molecular formula is C27H29N7O. The molecule has 3 aromatic carbocycles. The molecule has 178 valence electrons. The molecule has 1 N–H and O–H groups in total. The van der Waals surface area contributed by atoms with Crippen molar-refractivity contribution in [3.05, 3.63) is 102 Å². The molecule has 1 fully saturated rings. The average Bonchev–Trinajstić information content (AvgIpc) is 3.42. The number of nitrogens with zero attached hydrogens (tertiary/aromatic N) is 6. The Morgan fingerprint density at radius 3 is 1.97 bits per heavy atom. The van der Waals surface area contributed by atoms with Gasteiger partial charge >= 0.3 is 0 Å². The molecule has 0 radical (unpaired) electrons. The zero-order valence-corrected chi connectivity index (χ0v) is 19.6. The van der Waals surface area contributed by atoms with Crippen LogP contribution < -0.4 is 10.2 Å². The van der Waals surface area contributed by atoms with Crippen molar-refractivity contribution < 1.29 is 4.79 Å². The summed E-state index contributed by atoms with van der Waals surface area (Å²) in [7, 11) is 0. The topological polar surface area (TPSA) is 79.2 Å². The minimum Gasteiger partial charge on any atom is -0.345 e. The van der Waals surface area contributed by atoms with Gasteiger partial charge in [-0.05, 0) is 33.7 Å². The first-order chi connectivity index (χ1) is 17.3. The van der Waals surface area contributed by atoms with Gasteiger partial charge < -0.3 is 10.2 Å². The molecule has 1 aliphatic rings. The molecule has 0 aliphatic carbocycles. The second kappa shape index (κ2) is 10.9. The predicted molar refractivity (Wildman–Crippen MR) is 135 cm³/mol. The zero-order valence-electron chi connectivity index (χ0n) is 19.6. The number of tetrazole rings is 1. The summed E-state index contributed by atoms with van der Waals surface area (Å²) < 4.78 is 1.77. The molecule has 35 heavy (non-hydrogen) atoms. The molecule has 8 heteroatoms. The van der Waals surface area contributed by atoms with Crippen molar-refractivity contribution >= 4 is 11.9 Å². The fourth-order valence-corrected chi connectivity index (χ4v) is 4.43. The number of aromatic nitrogens is 4. The largest absolute Gasteiger partial charge is 0.345 e. The van der Waals surface area contributed by atoms with Crippen LogP contribution in [0.4, 0.5) is 5.95 Å². The van der Waals surface area contributed by atoms with E-state index in [4.69, 9.17) is 0 Å². The van der Waals surface area contributed by atoms with Gasteiger partial charge in [-0.25, -0.2) is 0 Å². The number of hydrogen-bond acceptors (Lipinski definition) is 6. The lowest BCUT2D eigenvalue weighted by atomic mass is 9.98. The summed E-state index contributed by atoms with van der Waals surface area (Å²) in [5.41, 5.74) is 3.10.